The molecule has 2 atom stereocenters. The fourth-order valence-corrected chi connectivity index (χ4v) is 2.68. The number of hydrogen-bond donors (Lipinski definition) is 1. The summed E-state index contributed by atoms with van der Waals surface area (Å²) in [5.41, 5.74) is 1.04. The van der Waals surface area contributed by atoms with Crippen LogP contribution in [0.2, 0.25) is 0 Å². The summed E-state index contributed by atoms with van der Waals surface area (Å²) in [7, 11) is 0. The van der Waals surface area contributed by atoms with E-state index in [9.17, 15) is 13.2 Å². The van der Waals surface area contributed by atoms with Crippen LogP contribution in [0, 0.1) is 5.92 Å². The number of aromatic nitrogens is 2. The summed E-state index contributed by atoms with van der Waals surface area (Å²) < 4.78 is 37.5. The highest BCUT2D eigenvalue weighted by atomic mass is 35.5. The van der Waals surface area contributed by atoms with E-state index in [-0.39, 0.29) is 17.8 Å². The number of fused-ring (bicyclic) bond motifs is 1. The van der Waals surface area contributed by atoms with Gasteiger partial charge < -0.3 is 5.32 Å². The zero-order valence-electron chi connectivity index (χ0n) is 9.00. The number of rotatable bonds is 2. The molecule has 1 aliphatic carbocycles. The summed E-state index contributed by atoms with van der Waals surface area (Å²) in [5.74, 6) is 0.594. The molecule has 0 amide bonds. The molecule has 1 saturated carbocycles. The van der Waals surface area contributed by atoms with Gasteiger partial charge >= 0.3 is 6.18 Å². The van der Waals surface area contributed by atoms with Crippen LogP contribution in [0.3, 0.4) is 0 Å². The second-order valence-corrected chi connectivity index (χ2v) is 4.73. The van der Waals surface area contributed by atoms with Crippen molar-refractivity contribution < 1.29 is 13.2 Å². The van der Waals surface area contributed by atoms with Crippen molar-refractivity contribution in [1.82, 2.24) is 15.1 Å². The van der Waals surface area contributed by atoms with E-state index in [2.05, 4.69) is 10.4 Å². The minimum Gasteiger partial charge on any atom is -0.316 e. The molecule has 2 aliphatic rings. The van der Waals surface area contributed by atoms with E-state index in [0.29, 0.717) is 5.92 Å². The third kappa shape index (κ3) is 2.15. The van der Waals surface area contributed by atoms with Crippen LogP contribution < -0.4 is 5.32 Å². The number of nitrogens with zero attached hydrogens (tertiary/aromatic N) is 2. The zero-order chi connectivity index (χ0) is 11.4. The summed E-state index contributed by atoms with van der Waals surface area (Å²) in [4.78, 5) is 0. The van der Waals surface area contributed by atoms with Crippen molar-refractivity contribution >= 4 is 12.4 Å². The molecule has 1 saturated heterocycles. The van der Waals surface area contributed by atoms with Crippen LogP contribution >= 0.6 is 12.4 Å². The predicted octanol–water partition coefficient (Wildman–Crippen LogP) is 1.73. The monoisotopic (exact) mass is 267 g/mol. The van der Waals surface area contributed by atoms with Crippen molar-refractivity contribution in [2.24, 2.45) is 5.92 Å². The molecular weight excluding hydrogens is 255 g/mol. The van der Waals surface area contributed by atoms with Gasteiger partial charge in [-0.25, -0.2) is 0 Å². The molecule has 2 unspecified atom stereocenters. The first-order valence-electron chi connectivity index (χ1n) is 5.30. The van der Waals surface area contributed by atoms with Crippen molar-refractivity contribution in [3.63, 3.8) is 0 Å². The molecule has 7 heteroatoms. The molecular formula is C10H13ClF3N3. The summed E-state index contributed by atoms with van der Waals surface area (Å²) in [6.45, 7) is 0.848. The summed E-state index contributed by atoms with van der Waals surface area (Å²) >= 11 is 0. The molecule has 17 heavy (non-hydrogen) atoms. The molecule has 0 spiro atoms. The SMILES string of the molecule is Cl.FC(F)(F)Cn1cc(C23CNCC2C3)cn1. The number of hydrogen-bond acceptors (Lipinski definition) is 2. The van der Waals surface area contributed by atoms with Crippen LogP contribution in [0.1, 0.15) is 12.0 Å². The van der Waals surface area contributed by atoms with Gasteiger partial charge in [-0.1, -0.05) is 0 Å². The lowest BCUT2D eigenvalue weighted by Crippen LogP contribution is -2.19. The third-order valence-electron chi connectivity index (χ3n) is 3.61. The second-order valence-electron chi connectivity index (χ2n) is 4.73. The standard InChI is InChI=1S/C10H12F3N3.ClH/c11-10(12,13)6-16-4-8(3-15-16)9-1-7(9)2-14-5-9;/h3-4,7,14H,1-2,5-6H2;1H. The average Bonchev–Trinajstić information content (AvgIpc) is 2.61. The summed E-state index contributed by atoms with van der Waals surface area (Å²) in [6, 6.07) is 0. The van der Waals surface area contributed by atoms with E-state index in [1.165, 1.54) is 0 Å². The van der Waals surface area contributed by atoms with Crippen molar-refractivity contribution in [2.45, 2.75) is 24.6 Å². The molecule has 1 aromatic rings. The Balaban J connectivity index is 0.00000108. The first kappa shape index (κ1) is 12.7. The molecule has 2 heterocycles. The molecule has 3 nitrogen and oxygen atoms in total. The number of alkyl halides is 3. The Hall–Kier alpha value is -0.750. The Bertz CT molecular complexity index is 417. The van der Waals surface area contributed by atoms with Gasteiger partial charge in [0.1, 0.15) is 6.54 Å². The third-order valence-corrected chi connectivity index (χ3v) is 3.61. The van der Waals surface area contributed by atoms with Crippen LogP contribution in [0.5, 0.6) is 0 Å². The zero-order valence-corrected chi connectivity index (χ0v) is 9.81. The van der Waals surface area contributed by atoms with Crippen molar-refractivity contribution in [2.75, 3.05) is 13.1 Å². The minimum absolute atomic E-state index is 0. The fourth-order valence-electron chi connectivity index (χ4n) is 2.68. The highest BCUT2D eigenvalue weighted by Gasteiger charge is 2.58. The Labute approximate surface area is 103 Å². The lowest BCUT2D eigenvalue weighted by molar-refractivity contribution is -0.142. The van der Waals surface area contributed by atoms with Gasteiger partial charge in [0.25, 0.3) is 0 Å². The largest absolute Gasteiger partial charge is 0.408 e. The van der Waals surface area contributed by atoms with Crippen molar-refractivity contribution in [3.8, 4) is 0 Å². The smallest absolute Gasteiger partial charge is 0.316 e. The predicted molar refractivity (Wildman–Crippen MR) is 58.2 cm³/mol. The van der Waals surface area contributed by atoms with E-state index in [0.717, 1.165) is 29.8 Å². The Morgan fingerprint density at radius 1 is 1.53 bits per heavy atom. The van der Waals surface area contributed by atoms with Crippen LogP contribution in [0.4, 0.5) is 13.2 Å². The Kier molecular flexibility index (Phi) is 2.90. The van der Waals surface area contributed by atoms with Gasteiger partial charge in [-0.3, -0.25) is 4.68 Å². The molecule has 0 aromatic carbocycles. The second kappa shape index (κ2) is 3.88. The molecule has 1 aliphatic heterocycles. The van der Waals surface area contributed by atoms with E-state index in [4.69, 9.17) is 0 Å². The normalized spacial score (nSPS) is 30.9. The molecule has 2 fully saturated rings. The summed E-state index contributed by atoms with van der Waals surface area (Å²) in [6.07, 6.45) is 0.00871. The highest BCUT2D eigenvalue weighted by molar-refractivity contribution is 5.85. The summed E-state index contributed by atoms with van der Waals surface area (Å²) in [5, 5.41) is 7.05. The number of piperidine rings is 1. The molecule has 96 valence electrons. The minimum atomic E-state index is -4.20. The lowest BCUT2D eigenvalue weighted by atomic mass is 9.99. The maximum absolute atomic E-state index is 12.2. The van der Waals surface area contributed by atoms with Crippen LogP contribution in [-0.2, 0) is 12.0 Å². The molecule has 3 rings (SSSR count). The highest BCUT2D eigenvalue weighted by Crippen LogP contribution is 2.56. The first-order valence-corrected chi connectivity index (χ1v) is 5.30. The van der Waals surface area contributed by atoms with Gasteiger partial charge in [-0.05, 0) is 24.4 Å². The van der Waals surface area contributed by atoms with Gasteiger partial charge in [0.2, 0.25) is 0 Å². The molecule has 0 bridgehead atoms. The maximum Gasteiger partial charge on any atom is 0.408 e. The van der Waals surface area contributed by atoms with Gasteiger partial charge in [-0.2, -0.15) is 18.3 Å². The average molecular weight is 268 g/mol. The fraction of sp³-hybridized carbons (Fsp3) is 0.700. The number of nitrogens with one attached hydrogen (secondary N) is 1. The van der Waals surface area contributed by atoms with Crippen LogP contribution in [0.15, 0.2) is 12.4 Å². The molecule has 1 aromatic heterocycles. The lowest BCUT2D eigenvalue weighted by Gasteiger charge is -2.08. The van der Waals surface area contributed by atoms with E-state index in [1.54, 1.807) is 12.4 Å². The van der Waals surface area contributed by atoms with Crippen molar-refractivity contribution in [3.05, 3.63) is 18.0 Å². The van der Waals surface area contributed by atoms with Gasteiger partial charge in [0, 0.05) is 18.2 Å². The van der Waals surface area contributed by atoms with Gasteiger partial charge in [0.05, 0.1) is 6.20 Å². The number of halogens is 4. The Morgan fingerprint density at radius 3 is 2.82 bits per heavy atom. The van der Waals surface area contributed by atoms with E-state index < -0.39 is 12.7 Å². The van der Waals surface area contributed by atoms with Crippen LogP contribution in [0.25, 0.3) is 0 Å². The molecule has 0 radical (unpaired) electrons. The Morgan fingerprint density at radius 2 is 2.29 bits per heavy atom. The quantitative estimate of drug-likeness (QED) is 0.884. The van der Waals surface area contributed by atoms with Gasteiger partial charge in [0.15, 0.2) is 0 Å². The molecule has 1 N–H and O–H groups in total. The van der Waals surface area contributed by atoms with Crippen molar-refractivity contribution in [1.29, 1.82) is 0 Å². The van der Waals surface area contributed by atoms with Gasteiger partial charge in [-0.15, -0.1) is 12.4 Å². The topological polar surface area (TPSA) is 29.9 Å². The van der Waals surface area contributed by atoms with Crippen LogP contribution in [-0.4, -0.2) is 29.0 Å². The first-order chi connectivity index (χ1) is 7.50. The van der Waals surface area contributed by atoms with E-state index in [1.807, 2.05) is 0 Å². The maximum atomic E-state index is 12.2. The van der Waals surface area contributed by atoms with E-state index >= 15 is 0 Å².